The number of carbonyl (C=O) groups excluding carboxylic acids is 1. The molecule has 0 atom stereocenters. The lowest BCUT2D eigenvalue weighted by atomic mass is 9.95. The van der Waals surface area contributed by atoms with Crippen molar-refractivity contribution in [3.8, 4) is 0 Å². The van der Waals surface area contributed by atoms with Crippen molar-refractivity contribution in [2.45, 2.75) is 45.1 Å². The SMILES string of the molecule is Cc1cc(C(=O)OCCOCCN)ccc1NC1CCCCC1. The largest absolute Gasteiger partial charge is 0.460 e. The summed E-state index contributed by atoms with van der Waals surface area (Å²) in [6.45, 7) is 3.61. The highest BCUT2D eigenvalue weighted by atomic mass is 16.6. The lowest BCUT2D eigenvalue weighted by Crippen LogP contribution is -2.22. The fraction of sp³-hybridized carbons (Fsp3) is 0.611. The fourth-order valence-corrected chi connectivity index (χ4v) is 2.88. The van der Waals surface area contributed by atoms with Crippen LogP contribution in [0.3, 0.4) is 0 Å². The molecule has 2 rings (SSSR count). The van der Waals surface area contributed by atoms with Crippen LogP contribution in [0.5, 0.6) is 0 Å². The van der Waals surface area contributed by atoms with E-state index < -0.39 is 0 Å². The molecule has 0 bridgehead atoms. The van der Waals surface area contributed by atoms with E-state index in [-0.39, 0.29) is 12.6 Å². The molecule has 0 radical (unpaired) electrons. The predicted octanol–water partition coefficient (Wildman–Crippen LogP) is 2.87. The van der Waals surface area contributed by atoms with Crippen LogP contribution < -0.4 is 11.1 Å². The number of benzene rings is 1. The summed E-state index contributed by atoms with van der Waals surface area (Å²) in [5, 5.41) is 3.60. The second-order valence-electron chi connectivity index (χ2n) is 6.05. The molecule has 0 aromatic heterocycles. The van der Waals surface area contributed by atoms with Gasteiger partial charge in [-0.25, -0.2) is 4.79 Å². The van der Waals surface area contributed by atoms with E-state index in [1.54, 1.807) is 0 Å². The molecule has 0 spiro atoms. The molecule has 1 aromatic carbocycles. The molecule has 5 heteroatoms. The first-order chi connectivity index (χ1) is 11.2. The Hall–Kier alpha value is -1.59. The number of ether oxygens (including phenoxy) is 2. The van der Waals surface area contributed by atoms with Gasteiger partial charge in [-0.1, -0.05) is 19.3 Å². The quantitative estimate of drug-likeness (QED) is 0.569. The van der Waals surface area contributed by atoms with Crippen molar-refractivity contribution in [2.24, 2.45) is 5.73 Å². The third-order valence-electron chi connectivity index (χ3n) is 4.15. The molecule has 23 heavy (non-hydrogen) atoms. The molecular formula is C18H28N2O3. The number of aryl methyl sites for hydroxylation is 1. The van der Waals surface area contributed by atoms with Crippen LogP contribution in [0.4, 0.5) is 5.69 Å². The Labute approximate surface area is 138 Å². The Bertz CT molecular complexity index is 499. The summed E-state index contributed by atoms with van der Waals surface area (Å²) in [5.41, 5.74) is 8.08. The summed E-state index contributed by atoms with van der Waals surface area (Å²) in [5.74, 6) is -0.311. The van der Waals surface area contributed by atoms with Gasteiger partial charge >= 0.3 is 5.97 Å². The number of nitrogens with two attached hydrogens (primary N) is 1. The normalized spacial score (nSPS) is 15.4. The summed E-state index contributed by atoms with van der Waals surface area (Å²) in [7, 11) is 0. The first-order valence-electron chi connectivity index (χ1n) is 8.53. The van der Waals surface area contributed by atoms with Gasteiger partial charge in [0.1, 0.15) is 6.61 Å². The molecule has 0 aliphatic heterocycles. The van der Waals surface area contributed by atoms with E-state index in [1.807, 2.05) is 25.1 Å². The van der Waals surface area contributed by atoms with Gasteiger partial charge in [0, 0.05) is 18.3 Å². The average molecular weight is 320 g/mol. The molecule has 0 heterocycles. The van der Waals surface area contributed by atoms with Crippen molar-refractivity contribution in [2.75, 3.05) is 31.7 Å². The van der Waals surface area contributed by atoms with Crippen LogP contribution >= 0.6 is 0 Å². The Morgan fingerprint density at radius 3 is 2.70 bits per heavy atom. The van der Waals surface area contributed by atoms with Gasteiger partial charge in [-0.3, -0.25) is 0 Å². The second kappa shape index (κ2) is 9.53. The standard InChI is InChI=1S/C18H28N2O3/c1-14-13-15(18(21)23-12-11-22-10-9-19)7-8-17(14)20-16-5-3-2-4-6-16/h7-8,13,16,20H,2-6,9-12,19H2,1H3. The lowest BCUT2D eigenvalue weighted by molar-refractivity contribution is 0.0328. The third-order valence-corrected chi connectivity index (χ3v) is 4.15. The lowest BCUT2D eigenvalue weighted by Gasteiger charge is -2.24. The highest BCUT2D eigenvalue weighted by Gasteiger charge is 2.15. The van der Waals surface area contributed by atoms with Crippen LogP contribution in [0.2, 0.25) is 0 Å². The zero-order valence-corrected chi connectivity index (χ0v) is 14.0. The maximum Gasteiger partial charge on any atom is 0.338 e. The van der Waals surface area contributed by atoms with Crippen LogP contribution in [0.15, 0.2) is 18.2 Å². The zero-order valence-electron chi connectivity index (χ0n) is 14.0. The topological polar surface area (TPSA) is 73.6 Å². The number of anilines is 1. The molecule has 1 aliphatic carbocycles. The molecule has 5 nitrogen and oxygen atoms in total. The third kappa shape index (κ3) is 5.84. The number of hydrogen-bond donors (Lipinski definition) is 2. The fourth-order valence-electron chi connectivity index (χ4n) is 2.88. The summed E-state index contributed by atoms with van der Waals surface area (Å²) in [6.07, 6.45) is 6.40. The Balaban J connectivity index is 1.84. The molecule has 1 saturated carbocycles. The molecule has 0 amide bonds. The number of hydrogen-bond acceptors (Lipinski definition) is 5. The molecule has 1 aliphatic rings. The Morgan fingerprint density at radius 1 is 1.22 bits per heavy atom. The Morgan fingerprint density at radius 2 is 2.00 bits per heavy atom. The number of carbonyl (C=O) groups is 1. The molecule has 0 saturated heterocycles. The van der Waals surface area contributed by atoms with Gasteiger partial charge in [0.2, 0.25) is 0 Å². The van der Waals surface area contributed by atoms with Gasteiger partial charge in [0.15, 0.2) is 0 Å². The summed E-state index contributed by atoms with van der Waals surface area (Å²) in [4.78, 5) is 12.0. The van der Waals surface area contributed by atoms with Crippen molar-refractivity contribution in [1.82, 2.24) is 0 Å². The van der Waals surface area contributed by atoms with Crippen LogP contribution in [-0.2, 0) is 9.47 Å². The van der Waals surface area contributed by atoms with E-state index >= 15 is 0 Å². The van der Waals surface area contributed by atoms with Crippen molar-refractivity contribution >= 4 is 11.7 Å². The second-order valence-corrected chi connectivity index (χ2v) is 6.05. The number of esters is 1. The van der Waals surface area contributed by atoms with Crippen LogP contribution in [0.25, 0.3) is 0 Å². The first kappa shape index (κ1) is 17.8. The van der Waals surface area contributed by atoms with Crippen molar-refractivity contribution in [3.63, 3.8) is 0 Å². The first-order valence-corrected chi connectivity index (χ1v) is 8.53. The van der Waals surface area contributed by atoms with Gasteiger partial charge in [-0.15, -0.1) is 0 Å². The number of nitrogens with one attached hydrogen (secondary N) is 1. The van der Waals surface area contributed by atoms with Crippen LogP contribution in [0, 0.1) is 6.92 Å². The predicted molar refractivity (Wildman–Crippen MR) is 91.8 cm³/mol. The van der Waals surface area contributed by atoms with Gasteiger partial charge in [-0.2, -0.15) is 0 Å². The van der Waals surface area contributed by atoms with Gasteiger partial charge < -0.3 is 20.5 Å². The van der Waals surface area contributed by atoms with Crippen molar-refractivity contribution < 1.29 is 14.3 Å². The van der Waals surface area contributed by atoms with Crippen molar-refractivity contribution in [1.29, 1.82) is 0 Å². The van der Waals surface area contributed by atoms with Gasteiger partial charge in [0.05, 0.1) is 18.8 Å². The van der Waals surface area contributed by atoms with Crippen LogP contribution in [0.1, 0.15) is 48.0 Å². The smallest absolute Gasteiger partial charge is 0.338 e. The van der Waals surface area contributed by atoms with E-state index in [0.717, 1.165) is 11.3 Å². The maximum atomic E-state index is 12.0. The Kier molecular flexibility index (Phi) is 7.36. The zero-order chi connectivity index (χ0) is 16.5. The van der Waals surface area contributed by atoms with Crippen molar-refractivity contribution in [3.05, 3.63) is 29.3 Å². The van der Waals surface area contributed by atoms with Gasteiger partial charge in [-0.05, 0) is 43.5 Å². The highest BCUT2D eigenvalue weighted by molar-refractivity contribution is 5.90. The van der Waals surface area contributed by atoms with E-state index in [0.29, 0.717) is 31.4 Å². The molecule has 3 N–H and O–H groups in total. The van der Waals surface area contributed by atoms with E-state index in [1.165, 1.54) is 32.1 Å². The molecule has 1 fully saturated rings. The maximum absolute atomic E-state index is 12.0. The minimum Gasteiger partial charge on any atom is -0.460 e. The minimum absolute atomic E-state index is 0.250. The number of rotatable bonds is 8. The van der Waals surface area contributed by atoms with E-state index in [9.17, 15) is 4.79 Å². The summed E-state index contributed by atoms with van der Waals surface area (Å²) < 4.78 is 10.4. The summed E-state index contributed by atoms with van der Waals surface area (Å²) >= 11 is 0. The van der Waals surface area contributed by atoms with Crippen LogP contribution in [-0.4, -0.2) is 38.4 Å². The summed E-state index contributed by atoms with van der Waals surface area (Å²) in [6, 6.07) is 6.24. The molecule has 0 unspecified atom stereocenters. The van der Waals surface area contributed by atoms with E-state index in [2.05, 4.69) is 5.32 Å². The molecule has 128 valence electrons. The minimum atomic E-state index is -0.311. The highest BCUT2D eigenvalue weighted by Crippen LogP contribution is 2.24. The monoisotopic (exact) mass is 320 g/mol. The average Bonchev–Trinajstić information content (AvgIpc) is 2.57. The molecule has 1 aromatic rings. The molecular weight excluding hydrogens is 292 g/mol. The van der Waals surface area contributed by atoms with Gasteiger partial charge in [0.25, 0.3) is 0 Å². The van der Waals surface area contributed by atoms with E-state index in [4.69, 9.17) is 15.2 Å².